The predicted octanol–water partition coefficient (Wildman–Crippen LogP) is 3.98. The van der Waals surface area contributed by atoms with Gasteiger partial charge in [0, 0.05) is 6.42 Å². The highest BCUT2D eigenvalue weighted by Gasteiger charge is 2.43. The average molecular weight is 461 g/mol. The van der Waals surface area contributed by atoms with Crippen LogP contribution in [-0.2, 0) is 14.3 Å². The molecule has 7 heteroatoms. The van der Waals surface area contributed by atoms with E-state index < -0.39 is 30.7 Å². The number of carbonyl (C=O) groups excluding carboxylic acids is 1. The van der Waals surface area contributed by atoms with E-state index in [1.54, 1.807) is 0 Å². The number of unbranched alkanes of at least 4 members (excludes halogenated alkanes) is 15. The maximum absolute atomic E-state index is 11.8. The van der Waals surface area contributed by atoms with Crippen molar-refractivity contribution in [3.63, 3.8) is 0 Å². The molecule has 32 heavy (non-hydrogen) atoms. The van der Waals surface area contributed by atoms with Crippen LogP contribution in [0.15, 0.2) is 0 Å². The first-order valence-corrected chi connectivity index (χ1v) is 13.0. The second-order valence-electron chi connectivity index (χ2n) is 9.27. The van der Waals surface area contributed by atoms with E-state index in [2.05, 4.69) is 6.92 Å². The number of ether oxygens (including phenoxy) is 2. The molecule has 0 radical (unpaired) electrons. The zero-order valence-electron chi connectivity index (χ0n) is 20.1. The van der Waals surface area contributed by atoms with Gasteiger partial charge in [-0.05, 0) is 6.42 Å². The van der Waals surface area contributed by atoms with E-state index in [9.17, 15) is 25.2 Å². The van der Waals surface area contributed by atoms with Gasteiger partial charge >= 0.3 is 5.97 Å². The Bertz CT molecular complexity index is 460. The van der Waals surface area contributed by atoms with Crippen LogP contribution in [0.3, 0.4) is 0 Å². The maximum atomic E-state index is 11.8. The third-order valence-electron chi connectivity index (χ3n) is 6.33. The van der Waals surface area contributed by atoms with Crippen molar-refractivity contribution in [2.45, 2.75) is 147 Å². The normalized spacial score (nSPS) is 25.7. The number of hydrogen-bond acceptors (Lipinski definition) is 7. The molecule has 1 aliphatic heterocycles. The molecule has 0 aromatic heterocycles. The fourth-order valence-corrected chi connectivity index (χ4v) is 4.13. The second-order valence-corrected chi connectivity index (χ2v) is 9.27. The summed E-state index contributed by atoms with van der Waals surface area (Å²) >= 11 is 0. The standard InChI is InChI=1S/C25H48O7/c1-2-3-4-5-6-7-8-9-10-11-12-13-14-15-16-17-18-21(26)31-19-20-22(27)23(28)24(29)25(30)32-20/h20,22-25,27-30H,2-19H2,1H3. The van der Waals surface area contributed by atoms with Crippen molar-refractivity contribution in [3.8, 4) is 0 Å². The fraction of sp³-hybridized carbons (Fsp3) is 0.960. The van der Waals surface area contributed by atoms with Crippen LogP contribution in [0.25, 0.3) is 0 Å². The molecule has 1 aliphatic rings. The lowest BCUT2D eigenvalue weighted by Crippen LogP contribution is -2.58. The summed E-state index contributed by atoms with van der Waals surface area (Å²) in [5.41, 5.74) is 0. The molecule has 5 atom stereocenters. The summed E-state index contributed by atoms with van der Waals surface area (Å²) < 4.78 is 10.1. The van der Waals surface area contributed by atoms with E-state index in [0.717, 1.165) is 19.3 Å². The van der Waals surface area contributed by atoms with Gasteiger partial charge in [0.2, 0.25) is 0 Å². The van der Waals surface area contributed by atoms with E-state index >= 15 is 0 Å². The smallest absolute Gasteiger partial charge is 0.305 e. The molecule has 0 saturated carbocycles. The van der Waals surface area contributed by atoms with Crippen LogP contribution in [0.1, 0.15) is 116 Å². The predicted molar refractivity (Wildman–Crippen MR) is 124 cm³/mol. The number of esters is 1. The number of aliphatic hydroxyl groups excluding tert-OH is 4. The molecule has 1 rings (SSSR count). The van der Waals surface area contributed by atoms with Gasteiger partial charge in [0.05, 0.1) is 0 Å². The second kappa shape index (κ2) is 18.7. The van der Waals surface area contributed by atoms with Crippen molar-refractivity contribution < 1.29 is 34.7 Å². The maximum Gasteiger partial charge on any atom is 0.305 e. The molecule has 0 aliphatic carbocycles. The number of aliphatic hydroxyl groups is 4. The molecule has 0 spiro atoms. The Morgan fingerprint density at radius 2 is 1.09 bits per heavy atom. The van der Waals surface area contributed by atoms with Crippen molar-refractivity contribution in [1.29, 1.82) is 0 Å². The number of rotatable bonds is 19. The fourth-order valence-electron chi connectivity index (χ4n) is 4.13. The first kappa shape index (κ1) is 29.3. The molecule has 1 fully saturated rings. The minimum atomic E-state index is -1.61. The van der Waals surface area contributed by atoms with Crippen molar-refractivity contribution in [2.24, 2.45) is 0 Å². The SMILES string of the molecule is CCCCCCCCCCCCCCCCCCC(=O)OCC1OC(O)C(O)C(O)C1O. The van der Waals surface area contributed by atoms with Crippen LogP contribution in [-0.4, -0.2) is 63.7 Å². The monoisotopic (exact) mass is 460 g/mol. The van der Waals surface area contributed by atoms with E-state index in [1.807, 2.05) is 0 Å². The summed E-state index contributed by atoms with van der Waals surface area (Å²) in [4.78, 5) is 11.8. The Kier molecular flexibility index (Phi) is 17.1. The van der Waals surface area contributed by atoms with Gasteiger partial charge in [0.15, 0.2) is 6.29 Å². The Morgan fingerprint density at radius 3 is 1.56 bits per heavy atom. The summed E-state index contributed by atoms with van der Waals surface area (Å²) in [6.45, 7) is 1.99. The van der Waals surface area contributed by atoms with Gasteiger partial charge in [0.1, 0.15) is 31.0 Å². The molecular formula is C25H48O7. The van der Waals surface area contributed by atoms with Crippen molar-refractivity contribution in [1.82, 2.24) is 0 Å². The Labute approximate surface area is 194 Å². The van der Waals surface area contributed by atoms with E-state index in [1.165, 1.54) is 83.5 Å². The minimum absolute atomic E-state index is 0.264. The molecule has 7 nitrogen and oxygen atoms in total. The lowest BCUT2D eigenvalue weighted by atomic mass is 9.99. The number of hydrogen-bond donors (Lipinski definition) is 4. The van der Waals surface area contributed by atoms with Gasteiger partial charge in [-0.1, -0.05) is 103 Å². The Hall–Kier alpha value is -0.730. The van der Waals surface area contributed by atoms with E-state index in [-0.39, 0.29) is 12.6 Å². The zero-order chi connectivity index (χ0) is 23.6. The van der Waals surface area contributed by atoms with Crippen molar-refractivity contribution in [3.05, 3.63) is 0 Å². The molecule has 5 unspecified atom stereocenters. The highest BCUT2D eigenvalue weighted by molar-refractivity contribution is 5.69. The van der Waals surface area contributed by atoms with Gasteiger partial charge in [0.25, 0.3) is 0 Å². The third kappa shape index (κ3) is 13.1. The van der Waals surface area contributed by atoms with Crippen LogP contribution in [0.2, 0.25) is 0 Å². The van der Waals surface area contributed by atoms with Crippen LogP contribution in [0.5, 0.6) is 0 Å². The molecule has 190 valence electrons. The zero-order valence-corrected chi connectivity index (χ0v) is 20.1. The molecule has 0 bridgehead atoms. The molecule has 4 N–H and O–H groups in total. The molecule has 0 amide bonds. The molecule has 1 heterocycles. The topological polar surface area (TPSA) is 116 Å². The lowest BCUT2D eigenvalue weighted by Gasteiger charge is -2.37. The average Bonchev–Trinajstić information content (AvgIpc) is 2.78. The first-order chi connectivity index (χ1) is 15.5. The van der Waals surface area contributed by atoms with Gasteiger partial charge in [-0.25, -0.2) is 0 Å². The largest absolute Gasteiger partial charge is 0.463 e. The van der Waals surface area contributed by atoms with E-state index in [0.29, 0.717) is 6.42 Å². The summed E-state index contributed by atoms with van der Waals surface area (Å²) in [5, 5.41) is 38.4. The minimum Gasteiger partial charge on any atom is -0.463 e. The molecule has 0 aromatic carbocycles. The summed E-state index contributed by atoms with van der Waals surface area (Å²) in [5.74, 6) is -0.388. The van der Waals surface area contributed by atoms with Gasteiger partial charge < -0.3 is 29.9 Å². The van der Waals surface area contributed by atoms with Gasteiger partial charge in [-0.3, -0.25) is 4.79 Å². The van der Waals surface area contributed by atoms with E-state index in [4.69, 9.17) is 9.47 Å². The highest BCUT2D eigenvalue weighted by atomic mass is 16.6. The molecule has 1 saturated heterocycles. The van der Waals surface area contributed by atoms with Gasteiger partial charge in [-0.15, -0.1) is 0 Å². The summed E-state index contributed by atoms with van der Waals surface area (Å²) in [6.07, 6.45) is 13.5. The Morgan fingerprint density at radius 1 is 0.656 bits per heavy atom. The first-order valence-electron chi connectivity index (χ1n) is 13.0. The number of carbonyl (C=O) groups is 1. The van der Waals surface area contributed by atoms with Gasteiger partial charge in [-0.2, -0.15) is 0 Å². The van der Waals surface area contributed by atoms with Crippen LogP contribution in [0.4, 0.5) is 0 Å². The summed E-state index contributed by atoms with van der Waals surface area (Å²) in [7, 11) is 0. The van der Waals surface area contributed by atoms with Crippen LogP contribution >= 0.6 is 0 Å². The highest BCUT2D eigenvalue weighted by Crippen LogP contribution is 2.20. The van der Waals surface area contributed by atoms with Crippen LogP contribution in [0, 0.1) is 0 Å². The summed E-state index contributed by atoms with van der Waals surface area (Å²) in [6, 6.07) is 0. The van der Waals surface area contributed by atoms with Crippen LogP contribution < -0.4 is 0 Å². The molecule has 0 aromatic rings. The lowest BCUT2D eigenvalue weighted by molar-refractivity contribution is -0.287. The Balaban J connectivity index is 1.87. The quantitative estimate of drug-likeness (QED) is 0.170. The molecular weight excluding hydrogens is 412 g/mol. The van der Waals surface area contributed by atoms with Crippen molar-refractivity contribution >= 4 is 5.97 Å². The van der Waals surface area contributed by atoms with Crippen molar-refractivity contribution in [2.75, 3.05) is 6.61 Å². The third-order valence-corrected chi connectivity index (χ3v) is 6.33.